The maximum atomic E-state index is 4.66. The molecule has 1 N–H and O–H groups in total. The summed E-state index contributed by atoms with van der Waals surface area (Å²) in [6.45, 7) is 1.93. The Morgan fingerprint density at radius 1 is 1.20 bits per heavy atom. The number of rotatable bonds is 3. The van der Waals surface area contributed by atoms with Crippen LogP contribution in [-0.2, 0) is 0 Å². The molecule has 2 aromatic heterocycles. The van der Waals surface area contributed by atoms with Gasteiger partial charge in [0.1, 0.15) is 10.7 Å². The molecule has 2 aliphatic carbocycles. The van der Waals surface area contributed by atoms with Crippen molar-refractivity contribution in [1.82, 2.24) is 9.97 Å². The lowest BCUT2D eigenvalue weighted by Gasteiger charge is -2.31. The highest BCUT2D eigenvalue weighted by Crippen LogP contribution is 2.40. The number of allylic oxidation sites excluding steroid dienone is 2. The summed E-state index contributed by atoms with van der Waals surface area (Å²) < 4.78 is 0. The van der Waals surface area contributed by atoms with Crippen molar-refractivity contribution in [3.8, 4) is 10.4 Å². The van der Waals surface area contributed by atoms with Crippen molar-refractivity contribution in [3.63, 3.8) is 0 Å². The van der Waals surface area contributed by atoms with Gasteiger partial charge < -0.3 is 0 Å². The summed E-state index contributed by atoms with van der Waals surface area (Å²) in [5.74, 6) is 2.89. The second-order valence-electron chi connectivity index (χ2n) is 6.67. The van der Waals surface area contributed by atoms with Gasteiger partial charge in [0.05, 0.1) is 5.39 Å². The van der Waals surface area contributed by atoms with E-state index in [9.17, 15) is 0 Å². The molecular formula is C20H18N4S. The molecule has 2 atom stereocenters. The second-order valence-corrected chi connectivity index (χ2v) is 7.70. The Labute approximate surface area is 150 Å². The van der Waals surface area contributed by atoms with Gasteiger partial charge in [0.25, 0.3) is 0 Å². The third kappa shape index (κ3) is 2.55. The number of aromatic nitrogens is 2. The number of hydrazone groups is 1. The van der Waals surface area contributed by atoms with Crippen LogP contribution < -0.4 is 5.43 Å². The molecule has 124 valence electrons. The van der Waals surface area contributed by atoms with Crippen molar-refractivity contribution in [2.24, 2.45) is 16.9 Å². The number of anilines is 1. The molecule has 25 heavy (non-hydrogen) atoms. The minimum absolute atomic E-state index is 0.605. The Hall–Kier alpha value is -2.53. The molecule has 0 spiro atoms. The van der Waals surface area contributed by atoms with Crippen LogP contribution in [0.25, 0.3) is 20.7 Å². The number of hydrogen-bond acceptors (Lipinski definition) is 5. The van der Waals surface area contributed by atoms with Gasteiger partial charge in [-0.1, -0.05) is 42.5 Å². The van der Waals surface area contributed by atoms with Crippen molar-refractivity contribution in [2.75, 3.05) is 5.43 Å². The molecule has 0 radical (unpaired) electrons. The predicted octanol–water partition coefficient (Wildman–Crippen LogP) is 5.03. The monoisotopic (exact) mass is 346 g/mol. The molecule has 0 saturated heterocycles. The van der Waals surface area contributed by atoms with Crippen molar-refractivity contribution in [3.05, 3.63) is 54.4 Å². The maximum absolute atomic E-state index is 4.66. The fourth-order valence-corrected chi connectivity index (χ4v) is 4.73. The van der Waals surface area contributed by atoms with Crippen molar-refractivity contribution < 1.29 is 0 Å². The predicted molar refractivity (Wildman–Crippen MR) is 104 cm³/mol. The average molecular weight is 346 g/mol. The second kappa shape index (κ2) is 5.77. The SMILES string of the molecule is Cc1nc(N/N=C2/C[C@@H]3C=CC[C@@H]23)c2cc(-c3ccccc3)sc2n1. The molecular weight excluding hydrogens is 328 g/mol. The molecule has 5 rings (SSSR count). The fourth-order valence-electron chi connectivity index (χ4n) is 3.65. The lowest BCUT2D eigenvalue weighted by atomic mass is 9.74. The quantitative estimate of drug-likeness (QED) is 0.534. The molecule has 1 saturated carbocycles. The van der Waals surface area contributed by atoms with Crippen LogP contribution in [0.3, 0.4) is 0 Å². The van der Waals surface area contributed by atoms with E-state index in [4.69, 9.17) is 0 Å². The molecule has 2 aliphatic rings. The van der Waals surface area contributed by atoms with E-state index in [1.54, 1.807) is 11.3 Å². The van der Waals surface area contributed by atoms with Gasteiger partial charge in [-0.25, -0.2) is 9.97 Å². The zero-order valence-corrected chi connectivity index (χ0v) is 14.8. The van der Waals surface area contributed by atoms with E-state index in [0.717, 1.165) is 34.7 Å². The highest BCUT2D eigenvalue weighted by atomic mass is 32.1. The summed E-state index contributed by atoms with van der Waals surface area (Å²) in [6, 6.07) is 12.6. The Bertz CT molecular complexity index is 1000. The smallest absolute Gasteiger partial charge is 0.158 e. The van der Waals surface area contributed by atoms with Crippen LogP contribution in [-0.4, -0.2) is 15.7 Å². The third-order valence-electron chi connectivity index (χ3n) is 5.03. The number of hydrogen-bond donors (Lipinski definition) is 1. The average Bonchev–Trinajstić information content (AvgIpc) is 3.19. The fraction of sp³-hybridized carbons (Fsp3) is 0.250. The van der Waals surface area contributed by atoms with Gasteiger partial charge >= 0.3 is 0 Å². The first-order chi connectivity index (χ1) is 12.3. The van der Waals surface area contributed by atoms with Crippen LogP contribution in [0, 0.1) is 18.8 Å². The van der Waals surface area contributed by atoms with E-state index in [1.165, 1.54) is 16.2 Å². The lowest BCUT2D eigenvalue weighted by molar-refractivity contribution is 0.466. The van der Waals surface area contributed by atoms with Crippen LogP contribution in [0.4, 0.5) is 5.82 Å². The Morgan fingerprint density at radius 3 is 2.92 bits per heavy atom. The summed E-state index contributed by atoms with van der Waals surface area (Å²) in [4.78, 5) is 11.4. The highest BCUT2D eigenvalue weighted by molar-refractivity contribution is 7.21. The van der Waals surface area contributed by atoms with Gasteiger partial charge in [0.15, 0.2) is 5.82 Å². The van der Waals surface area contributed by atoms with E-state index in [1.807, 2.05) is 13.0 Å². The number of benzene rings is 1. The lowest BCUT2D eigenvalue weighted by Crippen LogP contribution is -2.33. The standard InChI is InChI=1S/C20H18N4S/c1-12-21-19(24-23-17-10-14-8-5-9-15(14)17)16-11-18(25-20(16)22-12)13-6-3-2-4-7-13/h2-8,11,14-15H,9-10H2,1H3,(H,21,22,24)/b23-17-/t14-,15+/m0/s1. The molecule has 3 aromatic rings. The number of nitrogens with one attached hydrogen (secondary N) is 1. The third-order valence-corrected chi connectivity index (χ3v) is 6.11. The minimum atomic E-state index is 0.605. The molecule has 0 unspecified atom stereocenters. The molecule has 0 bridgehead atoms. The Kier molecular flexibility index (Phi) is 3.41. The molecule has 0 amide bonds. The minimum Gasteiger partial charge on any atom is -0.261 e. The summed E-state index contributed by atoms with van der Waals surface area (Å²) in [7, 11) is 0. The Morgan fingerprint density at radius 2 is 2.08 bits per heavy atom. The van der Waals surface area contributed by atoms with E-state index >= 15 is 0 Å². The van der Waals surface area contributed by atoms with Crippen LogP contribution in [0.15, 0.2) is 53.7 Å². The van der Waals surface area contributed by atoms with Gasteiger partial charge in [-0.15, -0.1) is 11.3 Å². The zero-order valence-electron chi connectivity index (χ0n) is 13.9. The molecule has 5 heteroatoms. The van der Waals surface area contributed by atoms with Crippen molar-refractivity contribution in [1.29, 1.82) is 0 Å². The first-order valence-corrected chi connectivity index (χ1v) is 9.42. The molecule has 0 aliphatic heterocycles. The summed E-state index contributed by atoms with van der Waals surface area (Å²) in [6.07, 6.45) is 6.79. The number of thiophene rings is 1. The molecule has 2 heterocycles. The molecule has 4 nitrogen and oxygen atoms in total. The first-order valence-electron chi connectivity index (χ1n) is 8.60. The van der Waals surface area contributed by atoms with E-state index in [-0.39, 0.29) is 0 Å². The van der Waals surface area contributed by atoms with Crippen LogP contribution in [0.5, 0.6) is 0 Å². The molecule has 1 fully saturated rings. The number of nitrogens with zero attached hydrogens (tertiary/aromatic N) is 3. The van der Waals surface area contributed by atoms with Gasteiger partial charge in [-0.2, -0.15) is 5.10 Å². The molecule has 1 aromatic carbocycles. The van der Waals surface area contributed by atoms with Crippen molar-refractivity contribution >= 4 is 33.1 Å². The topological polar surface area (TPSA) is 50.2 Å². The van der Waals surface area contributed by atoms with Crippen LogP contribution in [0.1, 0.15) is 18.7 Å². The van der Waals surface area contributed by atoms with E-state index in [2.05, 4.69) is 63.0 Å². The number of aryl methyl sites for hydroxylation is 1. The van der Waals surface area contributed by atoms with Gasteiger partial charge in [-0.3, -0.25) is 5.43 Å². The number of fused-ring (bicyclic) bond motifs is 2. The van der Waals surface area contributed by atoms with Gasteiger partial charge in [0.2, 0.25) is 0 Å². The Balaban J connectivity index is 1.50. The van der Waals surface area contributed by atoms with Crippen LogP contribution >= 0.6 is 11.3 Å². The highest BCUT2D eigenvalue weighted by Gasteiger charge is 2.37. The summed E-state index contributed by atoms with van der Waals surface area (Å²) >= 11 is 1.70. The normalized spacial score (nSPS) is 23.0. The summed E-state index contributed by atoms with van der Waals surface area (Å²) in [5.41, 5.74) is 5.69. The zero-order chi connectivity index (χ0) is 16.8. The van der Waals surface area contributed by atoms with Gasteiger partial charge in [0, 0.05) is 16.5 Å². The summed E-state index contributed by atoms with van der Waals surface area (Å²) in [5, 5.41) is 5.70. The van der Waals surface area contributed by atoms with E-state index < -0.39 is 0 Å². The maximum Gasteiger partial charge on any atom is 0.158 e. The van der Waals surface area contributed by atoms with Gasteiger partial charge in [-0.05, 0) is 37.3 Å². The first kappa shape index (κ1) is 14.8. The largest absolute Gasteiger partial charge is 0.261 e. The van der Waals surface area contributed by atoms with Crippen molar-refractivity contribution in [2.45, 2.75) is 19.8 Å². The van der Waals surface area contributed by atoms with E-state index in [0.29, 0.717) is 11.8 Å². The van der Waals surface area contributed by atoms with Crippen LogP contribution in [0.2, 0.25) is 0 Å².